The van der Waals surface area contributed by atoms with Gasteiger partial charge in [0.25, 0.3) is 0 Å². The summed E-state index contributed by atoms with van der Waals surface area (Å²) in [5.41, 5.74) is 2.12. The maximum Gasteiger partial charge on any atom is 0.172 e. The lowest BCUT2D eigenvalue weighted by molar-refractivity contribution is 0.356. The van der Waals surface area contributed by atoms with Gasteiger partial charge in [0, 0.05) is 43.3 Å². The van der Waals surface area contributed by atoms with Crippen molar-refractivity contribution in [1.29, 1.82) is 0 Å². The quantitative estimate of drug-likeness (QED) is 0.456. The van der Waals surface area contributed by atoms with Crippen LogP contribution < -0.4 is 19.3 Å². The third kappa shape index (κ3) is 3.77. The molecule has 5 rings (SSSR count). The molecule has 0 N–H and O–H groups in total. The average molecular weight is 433 g/mol. The Morgan fingerprint density at radius 1 is 0.806 bits per heavy atom. The number of aromatic nitrogens is 2. The molecule has 2 aromatic carbocycles. The number of rotatable bonds is 5. The molecule has 1 fully saturated rings. The predicted molar refractivity (Wildman–Crippen MR) is 127 cm³/mol. The number of anilines is 2. The van der Waals surface area contributed by atoms with E-state index in [9.17, 15) is 0 Å². The Morgan fingerprint density at radius 2 is 1.52 bits per heavy atom. The molecule has 0 atom stereocenters. The van der Waals surface area contributed by atoms with Gasteiger partial charge in [0.2, 0.25) is 0 Å². The third-order valence-corrected chi connectivity index (χ3v) is 6.49. The van der Waals surface area contributed by atoms with Gasteiger partial charge in [-0.05, 0) is 29.6 Å². The first kappa shape index (κ1) is 19.6. The van der Waals surface area contributed by atoms with E-state index in [1.165, 1.54) is 5.69 Å². The normalized spacial score (nSPS) is 14.1. The first-order valence-corrected chi connectivity index (χ1v) is 11.2. The number of piperazine rings is 1. The fourth-order valence-corrected chi connectivity index (χ4v) is 4.67. The van der Waals surface area contributed by atoms with Gasteiger partial charge in [-0.15, -0.1) is 11.3 Å². The lowest BCUT2D eigenvalue weighted by Gasteiger charge is -2.37. The van der Waals surface area contributed by atoms with Crippen LogP contribution in [0, 0.1) is 0 Å². The second-order valence-electron chi connectivity index (χ2n) is 7.38. The molecule has 7 heteroatoms. The number of nitrogens with zero attached hydrogens (tertiary/aromatic N) is 4. The van der Waals surface area contributed by atoms with Crippen LogP contribution in [0.5, 0.6) is 11.5 Å². The molecule has 0 unspecified atom stereocenters. The molecule has 2 aromatic heterocycles. The van der Waals surface area contributed by atoms with Crippen LogP contribution in [0.4, 0.5) is 11.5 Å². The molecule has 1 aliphatic rings. The van der Waals surface area contributed by atoms with Gasteiger partial charge in [-0.1, -0.05) is 24.3 Å². The van der Waals surface area contributed by atoms with Gasteiger partial charge in [0.1, 0.15) is 5.82 Å². The van der Waals surface area contributed by atoms with E-state index in [4.69, 9.17) is 19.4 Å². The highest BCUT2D eigenvalue weighted by Crippen LogP contribution is 2.37. The van der Waals surface area contributed by atoms with Crippen LogP contribution >= 0.6 is 11.3 Å². The smallest absolute Gasteiger partial charge is 0.172 e. The van der Waals surface area contributed by atoms with Crippen LogP contribution in [0.1, 0.15) is 0 Å². The van der Waals surface area contributed by atoms with Gasteiger partial charge in [0.05, 0.1) is 24.6 Å². The number of para-hydroxylation sites is 1. The molecule has 3 heterocycles. The predicted octanol–water partition coefficient (Wildman–Crippen LogP) is 4.70. The molecule has 0 spiro atoms. The molecule has 0 radical (unpaired) electrons. The van der Waals surface area contributed by atoms with E-state index < -0.39 is 0 Å². The molecule has 31 heavy (non-hydrogen) atoms. The second-order valence-corrected chi connectivity index (χ2v) is 8.33. The largest absolute Gasteiger partial charge is 0.493 e. The van der Waals surface area contributed by atoms with Gasteiger partial charge in [0.15, 0.2) is 17.3 Å². The van der Waals surface area contributed by atoms with E-state index in [-0.39, 0.29) is 0 Å². The van der Waals surface area contributed by atoms with Crippen molar-refractivity contribution in [1.82, 2.24) is 9.97 Å². The first-order chi connectivity index (χ1) is 15.3. The van der Waals surface area contributed by atoms with Gasteiger partial charge >= 0.3 is 0 Å². The van der Waals surface area contributed by atoms with Crippen molar-refractivity contribution in [2.45, 2.75) is 0 Å². The number of hydrogen-bond donors (Lipinski definition) is 0. The first-order valence-electron chi connectivity index (χ1n) is 10.3. The lowest BCUT2D eigenvalue weighted by Crippen LogP contribution is -2.47. The molecule has 1 aliphatic heterocycles. The summed E-state index contributed by atoms with van der Waals surface area (Å²) < 4.78 is 11.1. The Bertz CT molecular complexity index is 1170. The minimum absolute atomic E-state index is 0.672. The minimum atomic E-state index is 0.672. The summed E-state index contributed by atoms with van der Waals surface area (Å²) in [5, 5.41) is 3.03. The standard InChI is InChI=1S/C24H24N4O2S/c1-29-20-15-18-19(16-21(20)30-2)25-23(22-9-6-14-31-22)26-24(18)28-12-10-27(11-13-28)17-7-4-3-5-8-17/h3-9,14-16H,10-13H2,1-2H3. The highest BCUT2D eigenvalue weighted by molar-refractivity contribution is 7.13. The number of thiophene rings is 1. The monoisotopic (exact) mass is 432 g/mol. The third-order valence-electron chi connectivity index (χ3n) is 5.62. The molecule has 6 nitrogen and oxygen atoms in total. The van der Waals surface area contributed by atoms with E-state index in [1.807, 2.05) is 18.2 Å². The maximum absolute atomic E-state index is 5.56. The van der Waals surface area contributed by atoms with E-state index >= 15 is 0 Å². The Kier molecular flexibility index (Phi) is 5.34. The molecule has 0 amide bonds. The van der Waals surface area contributed by atoms with Crippen LogP contribution in [0.2, 0.25) is 0 Å². The Balaban J connectivity index is 1.55. The van der Waals surface area contributed by atoms with Gasteiger partial charge in [-0.3, -0.25) is 0 Å². The van der Waals surface area contributed by atoms with Crippen molar-refractivity contribution in [2.75, 3.05) is 50.2 Å². The van der Waals surface area contributed by atoms with Gasteiger partial charge in [-0.25, -0.2) is 9.97 Å². The highest BCUT2D eigenvalue weighted by Gasteiger charge is 2.23. The summed E-state index contributed by atoms with van der Waals surface area (Å²) in [7, 11) is 3.30. The Labute approximate surface area is 185 Å². The van der Waals surface area contributed by atoms with E-state index in [0.717, 1.165) is 53.6 Å². The molecule has 158 valence electrons. The zero-order valence-corrected chi connectivity index (χ0v) is 18.4. The maximum atomic E-state index is 5.56. The second kappa shape index (κ2) is 8.43. The number of fused-ring (bicyclic) bond motifs is 1. The topological polar surface area (TPSA) is 50.7 Å². The van der Waals surface area contributed by atoms with Crippen LogP contribution in [0.25, 0.3) is 21.6 Å². The SMILES string of the molecule is COc1cc2nc(-c3cccs3)nc(N3CCN(c4ccccc4)CC3)c2cc1OC. The summed E-state index contributed by atoms with van der Waals surface area (Å²) in [5.74, 6) is 3.05. The lowest BCUT2D eigenvalue weighted by atomic mass is 10.1. The van der Waals surface area contributed by atoms with Gasteiger partial charge in [-0.2, -0.15) is 0 Å². The number of hydrogen-bond acceptors (Lipinski definition) is 7. The molecular weight excluding hydrogens is 408 g/mol. The number of ether oxygens (including phenoxy) is 2. The minimum Gasteiger partial charge on any atom is -0.493 e. The number of methoxy groups -OCH3 is 2. The summed E-state index contributed by atoms with van der Waals surface area (Å²) in [6.45, 7) is 3.66. The average Bonchev–Trinajstić information content (AvgIpc) is 3.38. The zero-order valence-electron chi connectivity index (χ0n) is 17.6. The Hall–Kier alpha value is -3.32. The zero-order chi connectivity index (χ0) is 21.2. The summed E-state index contributed by atoms with van der Waals surface area (Å²) in [6, 6.07) is 18.6. The fraction of sp³-hybridized carbons (Fsp3) is 0.250. The molecule has 0 saturated carbocycles. The van der Waals surface area contributed by atoms with Gasteiger partial charge < -0.3 is 19.3 Å². The molecular formula is C24H24N4O2S. The van der Waals surface area contributed by atoms with Crippen molar-refractivity contribution in [3.05, 3.63) is 60.0 Å². The van der Waals surface area contributed by atoms with Crippen LogP contribution in [-0.4, -0.2) is 50.4 Å². The molecule has 1 saturated heterocycles. The number of benzene rings is 2. The van der Waals surface area contributed by atoms with Crippen molar-refractivity contribution in [3.8, 4) is 22.2 Å². The summed E-state index contributed by atoms with van der Waals surface area (Å²) in [6.07, 6.45) is 0. The summed E-state index contributed by atoms with van der Waals surface area (Å²) >= 11 is 1.65. The van der Waals surface area contributed by atoms with Crippen LogP contribution in [0.15, 0.2) is 60.0 Å². The molecule has 0 bridgehead atoms. The van der Waals surface area contributed by atoms with Crippen molar-refractivity contribution in [3.63, 3.8) is 0 Å². The molecule has 4 aromatic rings. The van der Waals surface area contributed by atoms with Crippen molar-refractivity contribution in [2.24, 2.45) is 0 Å². The van der Waals surface area contributed by atoms with E-state index in [1.54, 1.807) is 25.6 Å². The van der Waals surface area contributed by atoms with Crippen LogP contribution in [-0.2, 0) is 0 Å². The Morgan fingerprint density at radius 3 is 2.19 bits per heavy atom. The molecule has 0 aliphatic carbocycles. The van der Waals surface area contributed by atoms with Crippen molar-refractivity contribution < 1.29 is 9.47 Å². The summed E-state index contributed by atoms with van der Waals surface area (Å²) in [4.78, 5) is 15.7. The van der Waals surface area contributed by atoms with Crippen molar-refractivity contribution >= 4 is 33.7 Å². The highest BCUT2D eigenvalue weighted by atomic mass is 32.1. The van der Waals surface area contributed by atoms with E-state index in [2.05, 4.69) is 51.6 Å². The van der Waals surface area contributed by atoms with E-state index in [0.29, 0.717) is 11.5 Å². The fourth-order valence-electron chi connectivity index (χ4n) is 4.01. The van der Waals surface area contributed by atoms with Crippen LogP contribution in [0.3, 0.4) is 0 Å².